The van der Waals surface area contributed by atoms with Gasteiger partial charge in [-0.1, -0.05) is 24.3 Å². The van der Waals surface area contributed by atoms with Crippen LogP contribution in [0.15, 0.2) is 65.3 Å². The number of nitrogens with zero attached hydrogens (tertiary/aromatic N) is 1. The largest absolute Gasteiger partial charge is 0.469 e. The summed E-state index contributed by atoms with van der Waals surface area (Å²) in [5, 5.41) is 2.97. The van der Waals surface area contributed by atoms with E-state index in [1.54, 1.807) is 30.0 Å². The first-order valence-corrected chi connectivity index (χ1v) is 10.0. The molecule has 3 aromatic rings. The molecule has 1 atom stereocenters. The van der Waals surface area contributed by atoms with E-state index in [1.165, 1.54) is 18.4 Å². The van der Waals surface area contributed by atoms with E-state index in [-0.39, 0.29) is 23.5 Å². The van der Waals surface area contributed by atoms with Gasteiger partial charge in [0.1, 0.15) is 11.6 Å². The van der Waals surface area contributed by atoms with Crippen molar-refractivity contribution in [2.45, 2.75) is 19.8 Å². The Bertz CT molecular complexity index is 1060. The molecule has 2 heterocycles. The van der Waals surface area contributed by atoms with Crippen molar-refractivity contribution in [1.82, 2.24) is 4.90 Å². The lowest BCUT2D eigenvalue weighted by Gasteiger charge is -2.32. The predicted octanol–water partition coefficient (Wildman–Crippen LogP) is 4.89. The third-order valence-electron chi connectivity index (χ3n) is 5.48. The van der Waals surface area contributed by atoms with Crippen LogP contribution in [-0.2, 0) is 4.79 Å². The lowest BCUT2D eigenvalue weighted by molar-refractivity contribution is -0.121. The Hall–Kier alpha value is -3.41. The number of carbonyl (C=O) groups excluding carboxylic acids is 2. The van der Waals surface area contributed by atoms with Gasteiger partial charge in [0, 0.05) is 18.8 Å². The number of hydrogen-bond donors (Lipinski definition) is 1. The Morgan fingerprint density at radius 1 is 1.10 bits per heavy atom. The maximum absolute atomic E-state index is 13.2. The van der Waals surface area contributed by atoms with Gasteiger partial charge in [0.2, 0.25) is 5.91 Å². The van der Waals surface area contributed by atoms with Crippen LogP contribution in [0.2, 0.25) is 0 Å². The highest BCUT2D eigenvalue weighted by Crippen LogP contribution is 2.25. The summed E-state index contributed by atoms with van der Waals surface area (Å²) in [4.78, 5) is 27.3. The van der Waals surface area contributed by atoms with Crippen LogP contribution in [0, 0.1) is 18.7 Å². The van der Waals surface area contributed by atoms with Gasteiger partial charge in [0.05, 0.1) is 17.7 Å². The number of anilines is 1. The van der Waals surface area contributed by atoms with Crippen molar-refractivity contribution >= 4 is 17.5 Å². The molecule has 4 rings (SSSR count). The average molecular weight is 406 g/mol. The molecule has 1 aliphatic rings. The fourth-order valence-corrected chi connectivity index (χ4v) is 3.82. The molecule has 1 unspecified atom stereocenters. The van der Waals surface area contributed by atoms with E-state index >= 15 is 0 Å². The number of aryl methyl sites for hydroxylation is 1. The number of carbonyl (C=O) groups is 2. The number of furan rings is 1. The molecule has 0 spiro atoms. The number of amides is 2. The quantitative estimate of drug-likeness (QED) is 0.671. The van der Waals surface area contributed by atoms with Crippen LogP contribution in [0.3, 0.4) is 0 Å². The van der Waals surface area contributed by atoms with Crippen LogP contribution in [-0.4, -0.2) is 29.8 Å². The standard InChI is InChI=1S/C24H23FN2O3/c1-16-22(11-13-30-16)24(29)27-12-3-5-19(15-27)23(28)26-21-6-2-4-18(14-21)17-7-9-20(25)10-8-17/h2,4,6-11,13-14,19H,3,5,12,15H2,1H3,(H,26,28). The molecule has 0 aliphatic carbocycles. The van der Waals surface area contributed by atoms with Crippen LogP contribution < -0.4 is 5.32 Å². The van der Waals surface area contributed by atoms with E-state index in [4.69, 9.17) is 4.42 Å². The monoisotopic (exact) mass is 406 g/mol. The van der Waals surface area contributed by atoms with E-state index in [0.717, 1.165) is 24.0 Å². The summed E-state index contributed by atoms with van der Waals surface area (Å²) in [6.07, 6.45) is 3.01. The van der Waals surface area contributed by atoms with Gasteiger partial charge < -0.3 is 14.6 Å². The summed E-state index contributed by atoms with van der Waals surface area (Å²) in [5.74, 6) is -0.177. The molecule has 0 bridgehead atoms. The zero-order valence-electron chi connectivity index (χ0n) is 16.7. The number of hydrogen-bond acceptors (Lipinski definition) is 3. The third kappa shape index (κ3) is 4.27. The molecule has 30 heavy (non-hydrogen) atoms. The summed E-state index contributed by atoms with van der Waals surface area (Å²) < 4.78 is 18.4. The fourth-order valence-electron chi connectivity index (χ4n) is 3.82. The van der Waals surface area contributed by atoms with Crippen molar-refractivity contribution in [3.05, 3.63) is 78.0 Å². The number of likely N-dealkylation sites (tertiary alicyclic amines) is 1. The third-order valence-corrected chi connectivity index (χ3v) is 5.48. The molecule has 1 saturated heterocycles. The second kappa shape index (κ2) is 8.53. The Balaban J connectivity index is 1.43. The van der Waals surface area contributed by atoms with Crippen LogP contribution in [0.1, 0.15) is 29.0 Å². The first kappa shape index (κ1) is 19.9. The minimum absolute atomic E-state index is 0.0999. The number of rotatable bonds is 4. The molecular weight excluding hydrogens is 383 g/mol. The number of piperidine rings is 1. The van der Waals surface area contributed by atoms with E-state index in [9.17, 15) is 14.0 Å². The Morgan fingerprint density at radius 2 is 1.90 bits per heavy atom. The zero-order valence-corrected chi connectivity index (χ0v) is 16.7. The molecule has 154 valence electrons. The smallest absolute Gasteiger partial charge is 0.257 e. The minimum Gasteiger partial charge on any atom is -0.469 e. The van der Waals surface area contributed by atoms with E-state index in [2.05, 4.69) is 5.32 Å². The Kier molecular flexibility index (Phi) is 5.65. The number of nitrogens with one attached hydrogen (secondary N) is 1. The van der Waals surface area contributed by atoms with Gasteiger partial charge in [-0.3, -0.25) is 9.59 Å². The van der Waals surface area contributed by atoms with Crippen molar-refractivity contribution in [2.24, 2.45) is 5.92 Å². The van der Waals surface area contributed by atoms with Crippen LogP contribution in [0.25, 0.3) is 11.1 Å². The molecule has 6 heteroatoms. The molecule has 1 aliphatic heterocycles. The van der Waals surface area contributed by atoms with Gasteiger partial charge >= 0.3 is 0 Å². The molecule has 1 aromatic heterocycles. The Morgan fingerprint density at radius 3 is 2.63 bits per heavy atom. The first-order valence-electron chi connectivity index (χ1n) is 10.0. The van der Waals surface area contributed by atoms with Crippen LogP contribution in [0.4, 0.5) is 10.1 Å². The van der Waals surface area contributed by atoms with E-state index < -0.39 is 0 Å². The second-order valence-corrected chi connectivity index (χ2v) is 7.56. The van der Waals surface area contributed by atoms with Crippen molar-refractivity contribution < 1.29 is 18.4 Å². The summed E-state index contributed by atoms with van der Waals surface area (Å²) >= 11 is 0. The van der Waals surface area contributed by atoms with Gasteiger partial charge in [0.25, 0.3) is 5.91 Å². The Labute approximate surface area is 174 Å². The predicted molar refractivity (Wildman–Crippen MR) is 113 cm³/mol. The highest BCUT2D eigenvalue weighted by molar-refractivity contribution is 5.97. The maximum atomic E-state index is 13.2. The van der Waals surface area contributed by atoms with E-state index in [1.807, 2.05) is 24.3 Å². The fraction of sp³-hybridized carbons (Fsp3) is 0.250. The molecule has 2 amide bonds. The molecule has 5 nitrogen and oxygen atoms in total. The average Bonchev–Trinajstić information content (AvgIpc) is 3.20. The summed E-state index contributed by atoms with van der Waals surface area (Å²) in [5.41, 5.74) is 2.99. The molecule has 0 radical (unpaired) electrons. The van der Waals surface area contributed by atoms with Gasteiger partial charge in [-0.2, -0.15) is 0 Å². The minimum atomic E-state index is -0.287. The highest BCUT2D eigenvalue weighted by Gasteiger charge is 2.30. The summed E-state index contributed by atoms with van der Waals surface area (Å²) in [6, 6.07) is 15.4. The van der Waals surface area contributed by atoms with Gasteiger partial charge in [0.15, 0.2) is 0 Å². The number of halogens is 1. The van der Waals surface area contributed by atoms with Crippen molar-refractivity contribution in [2.75, 3.05) is 18.4 Å². The lowest BCUT2D eigenvalue weighted by Crippen LogP contribution is -2.43. The molecule has 0 saturated carbocycles. The van der Waals surface area contributed by atoms with Gasteiger partial charge in [-0.05, 0) is 61.2 Å². The van der Waals surface area contributed by atoms with Crippen LogP contribution >= 0.6 is 0 Å². The molecular formula is C24H23FN2O3. The maximum Gasteiger partial charge on any atom is 0.257 e. The number of benzene rings is 2. The zero-order chi connectivity index (χ0) is 21.1. The topological polar surface area (TPSA) is 62.6 Å². The van der Waals surface area contributed by atoms with Crippen LogP contribution in [0.5, 0.6) is 0 Å². The molecule has 1 N–H and O–H groups in total. The SMILES string of the molecule is Cc1occc1C(=O)N1CCCC(C(=O)Nc2cccc(-c3ccc(F)cc3)c2)C1. The van der Waals surface area contributed by atoms with Gasteiger partial charge in [-0.15, -0.1) is 0 Å². The summed E-state index contributed by atoms with van der Waals surface area (Å²) in [7, 11) is 0. The molecule has 1 fully saturated rings. The second-order valence-electron chi connectivity index (χ2n) is 7.56. The normalized spacial score (nSPS) is 16.3. The molecule has 2 aromatic carbocycles. The van der Waals surface area contributed by atoms with Crippen molar-refractivity contribution in [1.29, 1.82) is 0 Å². The lowest BCUT2D eigenvalue weighted by atomic mass is 9.96. The van der Waals surface area contributed by atoms with E-state index in [0.29, 0.717) is 30.1 Å². The first-order chi connectivity index (χ1) is 14.5. The summed E-state index contributed by atoms with van der Waals surface area (Å²) in [6.45, 7) is 2.77. The highest BCUT2D eigenvalue weighted by atomic mass is 19.1. The van der Waals surface area contributed by atoms with Crippen molar-refractivity contribution in [3.8, 4) is 11.1 Å². The van der Waals surface area contributed by atoms with Gasteiger partial charge in [-0.25, -0.2) is 4.39 Å². The van der Waals surface area contributed by atoms with Crippen molar-refractivity contribution in [3.63, 3.8) is 0 Å².